The van der Waals surface area contributed by atoms with Crippen molar-refractivity contribution in [2.45, 2.75) is 143 Å². The van der Waals surface area contributed by atoms with E-state index in [1.54, 1.807) is 25.3 Å². The summed E-state index contributed by atoms with van der Waals surface area (Å²) in [4.78, 5) is 42.1. The quantitative estimate of drug-likeness (QED) is 0.0368. The fourth-order valence-corrected chi connectivity index (χ4v) is 4.80. The summed E-state index contributed by atoms with van der Waals surface area (Å²) in [6.07, 6.45) is 21.8. The van der Waals surface area contributed by atoms with Crippen LogP contribution in [0.1, 0.15) is 140 Å². The smallest absolute Gasteiger partial charge is 0.437 e. The van der Waals surface area contributed by atoms with E-state index in [4.69, 9.17) is 19.0 Å². The molecule has 0 bridgehead atoms. The molecule has 0 spiro atoms. The normalized spacial score (nSPS) is 11.5. The van der Waals surface area contributed by atoms with E-state index in [0.29, 0.717) is 12.1 Å². The molecule has 0 aromatic carbocycles. The minimum absolute atomic E-state index is 0.0255. The first-order chi connectivity index (χ1) is 21.4. The Hall–Kier alpha value is -2.88. The van der Waals surface area contributed by atoms with Gasteiger partial charge in [0.1, 0.15) is 18.7 Å². The topological polar surface area (TPSA) is 107 Å². The van der Waals surface area contributed by atoms with Crippen LogP contribution in [0.15, 0.2) is 24.5 Å². The van der Waals surface area contributed by atoms with Crippen molar-refractivity contribution in [2.75, 3.05) is 26.8 Å². The number of pyridine rings is 1. The summed E-state index contributed by atoms with van der Waals surface area (Å²) in [5.41, 5.74) is 0.428. The number of carbonyl (C=O) groups excluding carboxylic acids is 3. The highest BCUT2D eigenvalue weighted by atomic mass is 16.8. The Labute approximate surface area is 266 Å². The lowest BCUT2D eigenvalue weighted by Gasteiger charge is -2.23. The van der Waals surface area contributed by atoms with Crippen molar-refractivity contribution >= 4 is 18.2 Å². The Bertz CT molecular complexity index is 899. The molecule has 0 aliphatic carbocycles. The highest BCUT2D eigenvalue weighted by Gasteiger charge is 2.22. The van der Waals surface area contributed by atoms with Gasteiger partial charge in [-0.1, -0.05) is 110 Å². The van der Waals surface area contributed by atoms with E-state index in [2.05, 4.69) is 12.2 Å². The van der Waals surface area contributed by atoms with Gasteiger partial charge in [0.2, 0.25) is 0 Å². The van der Waals surface area contributed by atoms with Crippen LogP contribution in [-0.4, -0.2) is 56.3 Å². The lowest BCUT2D eigenvalue weighted by molar-refractivity contribution is -0.693. The molecule has 1 atom stereocenters. The zero-order chi connectivity index (χ0) is 32.3. The van der Waals surface area contributed by atoms with Crippen molar-refractivity contribution in [1.82, 2.24) is 10.4 Å². The molecule has 0 aliphatic heterocycles. The van der Waals surface area contributed by atoms with E-state index in [9.17, 15) is 14.4 Å². The maximum absolute atomic E-state index is 12.5. The van der Waals surface area contributed by atoms with Crippen molar-refractivity contribution in [3.8, 4) is 0 Å². The SMILES string of the molecule is CCCCCCCCCCCCCCCCCCN(OC)C(=O)OC(CC)OC(=O)NCCOC(=O)c1ccc[n+](CC)c1. The maximum Gasteiger partial charge on any atom is 0.437 e. The van der Waals surface area contributed by atoms with E-state index >= 15 is 0 Å². The summed E-state index contributed by atoms with van der Waals surface area (Å²) < 4.78 is 17.6. The summed E-state index contributed by atoms with van der Waals surface area (Å²) in [7, 11) is 1.42. The number of nitrogens with one attached hydrogen (secondary N) is 1. The number of hydroxylamine groups is 2. The summed E-state index contributed by atoms with van der Waals surface area (Å²) in [5, 5.41) is 3.65. The van der Waals surface area contributed by atoms with Crippen LogP contribution in [0.25, 0.3) is 0 Å². The van der Waals surface area contributed by atoms with Gasteiger partial charge in [-0.25, -0.2) is 19.0 Å². The Balaban J connectivity index is 2.11. The van der Waals surface area contributed by atoms with Crippen LogP contribution in [0.4, 0.5) is 9.59 Å². The average Bonchev–Trinajstić information content (AvgIpc) is 3.04. The molecule has 10 heteroatoms. The lowest BCUT2D eigenvalue weighted by Crippen LogP contribution is -2.38. The van der Waals surface area contributed by atoms with Crippen molar-refractivity contribution < 1.29 is 38.0 Å². The van der Waals surface area contributed by atoms with Crippen LogP contribution >= 0.6 is 0 Å². The molecular formula is C34H60N3O7+. The van der Waals surface area contributed by atoms with Gasteiger partial charge in [0, 0.05) is 12.5 Å². The monoisotopic (exact) mass is 622 g/mol. The number of nitrogens with zero attached hydrogens (tertiary/aromatic N) is 2. The maximum atomic E-state index is 12.5. The third kappa shape index (κ3) is 19.4. The second-order valence-corrected chi connectivity index (χ2v) is 11.2. The summed E-state index contributed by atoms with van der Waals surface area (Å²) in [5.74, 6) is -0.479. The number of hydrogen-bond acceptors (Lipinski definition) is 7. The zero-order valence-electron chi connectivity index (χ0n) is 28.0. The third-order valence-corrected chi connectivity index (χ3v) is 7.51. The fraction of sp³-hybridized carbons (Fsp3) is 0.765. The van der Waals surface area contributed by atoms with E-state index in [0.717, 1.165) is 30.9 Å². The molecule has 0 saturated carbocycles. The van der Waals surface area contributed by atoms with Crippen LogP contribution in [0.5, 0.6) is 0 Å². The number of aromatic nitrogens is 1. The van der Waals surface area contributed by atoms with Crippen LogP contribution in [-0.2, 0) is 25.6 Å². The van der Waals surface area contributed by atoms with E-state index in [-0.39, 0.29) is 19.6 Å². The summed E-state index contributed by atoms with van der Waals surface area (Å²) in [6.45, 7) is 7.14. The largest absolute Gasteiger partial charge is 0.460 e. The van der Waals surface area contributed by atoms with Gasteiger partial charge in [-0.15, -0.1) is 0 Å². The number of rotatable bonds is 26. The number of aryl methyl sites for hydroxylation is 1. The molecule has 1 N–H and O–H groups in total. The van der Waals surface area contributed by atoms with Crippen LogP contribution < -0.4 is 9.88 Å². The van der Waals surface area contributed by atoms with Crippen molar-refractivity contribution in [1.29, 1.82) is 0 Å². The van der Waals surface area contributed by atoms with Crippen LogP contribution in [0.2, 0.25) is 0 Å². The minimum Gasteiger partial charge on any atom is -0.460 e. The molecule has 0 aliphatic rings. The van der Waals surface area contributed by atoms with Crippen molar-refractivity contribution in [2.24, 2.45) is 0 Å². The van der Waals surface area contributed by atoms with Gasteiger partial charge in [0.25, 0.3) is 6.29 Å². The number of ether oxygens (including phenoxy) is 3. The van der Waals surface area contributed by atoms with Crippen LogP contribution in [0, 0.1) is 0 Å². The zero-order valence-corrected chi connectivity index (χ0v) is 28.0. The third-order valence-electron chi connectivity index (χ3n) is 7.51. The first-order valence-corrected chi connectivity index (χ1v) is 17.1. The van der Waals surface area contributed by atoms with E-state index in [1.165, 1.54) is 90.6 Å². The second kappa shape index (κ2) is 26.5. The van der Waals surface area contributed by atoms with Crippen molar-refractivity contribution in [3.63, 3.8) is 0 Å². The Morgan fingerprint density at radius 1 is 0.818 bits per heavy atom. The average molecular weight is 623 g/mol. The summed E-state index contributed by atoms with van der Waals surface area (Å²) >= 11 is 0. The van der Waals surface area contributed by atoms with Gasteiger partial charge in [-0.3, -0.25) is 4.84 Å². The Morgan fingerprint density at radius 2 is 1.39 bits per heavy atom. The number of unbranched alkanes of at least 4 members (excludes halogenated alkanes) is 15. The van der Waals surface area contributed by atoms with Gasteiger partial charge in [0.05, 0.1) is 20.2 Å². The Morgan fingerprint density at radius 3 is 1.91 bits per heavy atom. The molecule has 2 amide bonds. The first kappa shape index (κ1) is 39.1. The standard InChI is InChI=1S/C34H59N3O7/c1-5-8-9-10-11-12-13-14-15-16-17-18-19-20-21-22-27-37(41-4)34(40)44-31(6-2)43-33(39)35-25-28-42-32(38)30-24-23-26-36(7-3)29-30/h23-24,26,29,31H,5-22,25,27-28H2,1-4H3/p+1. The lowest BCUT2D eigenvalue weighted by atomic mass is 10.0. The second-order valence-electron chi connectivity index (χ2n) is 11.2. The Kier molecular flexibility index (Phi) is 23.6. The van der Waals surface area contributed by atoms with Gasteiger partial charge >= 0.3 is 18.2 Å². The van der Waals surface area contributed by atoms with E-state index < -0.39 is 24.4 Å². The molecule has 0 fully saturated rings. The number of alkyl carbamates (subject to hydrolysis) is 1. The number of carbonyl (C=O) groups is 3. The number of hydrogen-bond donors (Lipinski definition) is 1. The molecule has 44 heavy (non-hydrogen) atoms. The first-order valence-electron chi connectivity index (χ1n) is 17.1. The van der Waals surface area contributed by atoms with Gasteiger partial charge < -0.3 is 19.5 Å². The van der Waals surface area contributed by atoms with Crippen molar-refractivity contribution in [3.05, 3.63) is 30.1 Å². The van der Waals surface area contributed by atoms with Gasteiger partial charge in [-0.05, 0) is 19.4 Å². The molecule has 1 aromatic heterocycles. The molecule has 1 rings (SSSR count). The molecular weight excluding hydrogens is 562 g/mol. The molecule has 252 valence electrons. The highest BCUT2D eigenvalue weighted by molar-refractivity contribution is 5.88. The fourth-order valence-electron chi connectivity index (χ4n) is 4.80. The van der Waals surface area contributed by atoms with Crippen LogP contribution in [0.3, 0.4) is 0 Å². The summed E-state index contributed by atoms with van der Waals surface area (Å²) in [6, 6.07) is 3.44. The van der Waals surface area contributed by atoms with Gasteiger partial charge in [-0.2, -0.15) is 5.06 Å². The minimum atomic E-state index is -1.07. The molecule has 0 radical (unpaired) electrons. The predicted octanol–water partition coefficient (Wildman–Crippen LogP) is 7.87. The molecule has 0 saturated heterocycles. The molecule has 1 heterocycles. The molecule has 1 aromatic rings. The van der Waals surface area contributed by atoms with E-state index in [1.807, 2.05) is 17.7 Å². The predicted molar refractivity (Wildman–Crippen MR) is 171 cm³/mol. The van der Waals surface area contributed by atoms with Gasteiger partial charge in [0.15, 0.2) is 12.4 Å². The number of amides is 2. The molecule has 10 nitrogen and oxygen atoms in total. The molecule has 1 unspecified atom stereocenters. The number of esters is 1. The highest BCUT2D eigenvalue weighted by Crippen LogP contribution is 2.14.